The van der Waals surface area contributed by atoms with Crippen LogP contribution in [0.1, 0.15) is 36.9 Å². The summed E-state index contributed by atoms with van der Waals surface area (Å²) in [6.45, 7) is 2.32. The maximum atomic E-state index is 13.8. The number of anilines is 1. The van der Waals surface area contributed by atoms with E-state index in [1.54, 1.807) is 6.07 Å². The highest BCUT2D eigenvalue weighted by atomic mass is 19.1. The molecule has 1 fully saturated rings. The van der Waals surface area contributed by atoms with E-state index in [0.29, 0.717) is 5.92 Å². The number of rotatable bonds is 4. The van der Waals surface area contributed by atoms with Crippen molar-refractivity contribution < 1.29 is 13.9 Å². The molecule has 1 heterocycles. The van der Waals surface area contributed by atoms with Gasteiger partial charge in [-0.2, -0.15) is 0 Å². The van der Waals surface area contributed by atoms with Crippen LogP contribution in [0.2, 0.25) is 0 Å². The van der Waals surface area contributed by atoms with E-state index in [9.17, 15) is 9.18 Å². The second-order valence-electron chi connectivity index (χ2n) is 7.28. The summed E-state index contributed by atoms with van der Waals surface area (Å²) in [5.74, 6) is 0.473. The summed E-state index contributed by atoms with van der Waals surface area (Å²) >= 11 is 0. The van der Waals surface area contributed by atoms with Crippen molar-refractivity contribution in [3.63, 3.8) is 0 Å². The first-order valence-electron chi connectivity index (χ1n) is 9.15. The summed E-state index contributed by atoms with van der Waals surface area (Å²) in [6.07, 6.45) is 1.92. The fraction of sp³-hybridized carbons (Fsp3) is 0.381. The maximum absolute atomic E-state index is 13.8. The van der Waals surface area contributed by atoms with Crippen molar-refractivity contribution in [2.45, 2.75) is 38.5 Å². The third-order valence-electron chi connectivity index (χ3n) is 5.38. The molecule has 1 saturated carbocycles. The van der Waals surface area contributed by atoms with Crippen molar-refractivity contribution >= 4 is 11.8 Å². The molecular formula is C21H23FN2O2. The van der Waals surface area contributed by atoms with Crippen LogP contribution in [0.4, 0.5) is 14.9 Å². The number of halogens is 1. The number of hydrogen-bond donors (Lipinski definition) is 2. The number of nitrogens with one attached hydrogen (secondary N) is 2. The van der Waals surface area contributed by atoms with E-state index in [1.165, 1.54) is 25.0 Å². The number of ether oxygens (including phenoxy) is 1. The molecule has 1 aliphatic carbocycles. The number of amides is 1. The first-order chi connectivity index (χ1) is 12.6. The quantitative estimate of drug-likeness (QED) is 0.841. The minimum Gasteiger partial charge on any atom is -0.445 e. The van der Waals surface area contributed by atoms with E-state index in [1.807, 2.05) is 30.3 Å². The molecule has 2 aromatic carbocycles. The van der Waals surface area contributed by atoms with Crippen molar-refractivity contribution in [2.75, 3.05) is 5.32 Å². The van der Waals surface area contributed by atoms with E-state index >= 15 is 0 Å². The summed E-state index contributed by atoms with van der Waals surface area (Å²) in [5, 5.41) is 6.51. The Morgan fingerprint density at radius 2 is 2.00 bits per heavy atom. The summed E-state index contributed by atoms with van der Waals surface area (Å²) in [7, 11) is 0. The smallest absolute Gasteiger partial charge is 0.407 e. The Kier molecular flexibility index (Phi) is 4.53. The van der Waals surface area contributed by atoms with E-state index in [2.05, 4.69) is 17.6 Å². The Balaban J connectivity index is 1.50. The van der Waals surface area contributed by atoms with Crippen LogP contribution >= 0.6 is 0 Å². The van der Waals surface area contributed by atoms with Gasteiger partial charge in [-0.05, 0) is 42.5 Å². The van der Waals surface area contributed by atoms with Gasteiger partial charge in [0.15, 0.2) is 0 Å². The number of alkyl carbamates (subject to hydrolysis) is 1. The van der Waals surface area contributed by atoms with E-state index < -0.39 is 6.09 Å². The lowest BCUT2D eigenvalue weighted by Gasteiger charge is -2.39. The Hall–Kier alpha value is -2.56. The van der Waals surface area contributed by atoms with Gasteiger partial charge in [-0.1, -0.05) is 37.3 Å². The molecule has 2 N–H and O–H groups in total. The molecule has 5 heteroatoms. The SMILES string of the molecule is C[C@@H]1C(NC(=O)OCc2ccccc2)c2cc(F)ccc2NC1C1CC1. The van der Waals surface area contributed by atoms with Crippen molar-refractivity contribution in [1.29, 1.82) is 0 Å². The van der Waals surface area contributed by atoms with Gasteiger partial charge in [0, 0.05) is 23.2 Å². The van der Waals surface area contributed by atoms with Crippen LogP contribution in [0.5, 0.6) is 0 Å². The predicted octanol–water partition coefficient (Wildman–Crippen LogP) is 4.63. The number of fused-ring (bicyclic) bond motifs is 1. The fourth-order valence-electron chi connectivity index (χ4n) is 3.83. The van der Waals surface area contributed by atoms with Gasteiger partial charge in [0.1, 0.15) is 12.4 Å². The van der Waals surface area contributed by atoms with Crippen LogP contribution in [-0.2, 0) is 11.3 Å². The van der Waals surface area contributed by atoms with E-state index in [-0.39, 0.29) is 30.4 Å². The van der Waals surface area contributed by atoms with Gasteiger partial charge in [-0.3, -0.25) is 0 Å². The largest absolute Gasteiger partial charge is 0.445 e. The summed E-state index contributed by atoms with van der Waals surface area (Å²) in [6, 6.07) is 14.3. The lowest BCUT2D eigenvalue weighted by molar-refractivity contribution is 0.130. The minimum atomic E-state index is -0.475. The fourth-order valence-corrected chi connectivity index (χ4v) is 3.83. The second-order valence-corrected chi connectivity index (χ2v) is 7.28. The van der Waals surface area contributed by atoms with Gasteiger partial charge in [-0.25, -0.2) is 9.18 Å². The van der Waals surface area contributed by atoms with Crippen molar-refractivity contribution in [3.05, 3.63) is 65.5 Å². The zero-order valence-corrected chi connectivity index (χ0v) is 14.7. The van der Waals surface area contributed by atoms with Gasteiger partial charge in [0.25, 0.3) is 0 Å². The number of carbonyl (C=O) groups excluding carboxylic acids is 1. The molecule has 0 saturated heterocycles. The lowest BCUT2D eigenvalue weighted by Crippen LogP contribution is -2.45. The Bertz CT molecular complexity index is 792. The summed E-state index contributed by atoms with van der Waals surface area (Å²) < 4.78 is 19.2. The van der Waals surface area contributed by atoms with Crippen molar-refractivity contribution in [3.8, 4) is 0 Å². The highest BCUT2D eigenvalue weighted by Crippen LogP contribution is 2.45. The Morgan fingerprint density at radius 3 is 2.73 bits per heavy atom. The minimum absolute atomic E-state index is 0.154. The molecule has 4 rings (SSSR count). The van der Waals surface area contributed by atoms with Gasteiger partial charge in [0.05, 0.1) is 6.04 Å². The Morgan fingerprint density at radius 1 is 1.23 bits per heavy atom. The average molecular weight is 354 g/mol. The Labute approximate surface area is 152 Å². The topological polar surface area (TPSA) is 50.4 Å². The van der Waals surface area contributed by atoms with E-state index in [4.69, 9.17) is 4.74 Å². The normalized spacial score (nSPS) is 24.3. The first kappa shape index (κ1) is 16.9. The molecule has 0 aromatic heterocycles. The monoisotopic (exact) mass is 354 g/mol. The van der Waals surface area contributed by atoms with Gasteiger partial charge in [0.2, 0.25) is 0 Å². The molecule has 136 valence electrons. The number of hydrogen-bond acceptors (Lipinski definition) is 3. The van der Waals surface area contributed by atoms with Gasteiger partial charge >= 0.3 is 6.09 Å². The molecular weight excluding hydrogens is 331 g/mol. The van der Waals surface area contributed by atoms with Crippen LogP contribution in [0.15, 0.2) is 48.5 Å². The zero-order valence-electron chi connectivity index (χ0n) is 14.7. The lowest BCUT2D eigenvalue weighted by atomic mass is 9.81. The molecule has 2 aliphatic rings. The van der Waals surface area contributed by atoms with Gasteiger partial charge in [-0.15, -0.1) is 0 Å². The molecule has 0 spiro atoms. The zero-order chi connectivity index (χ0) is 18.1. The van der Waals surface area contributed by atoms with Crippen molar-refractivity contribution in [2.24, 2.45) is 11.8 Å². The molecule has 3 atom stereocenters. The van der Waals surface area contributed by atoms with Crippen LogP contribution in [-0.4, -0.2) is 12.1 Å². The summed E-state index contributed by atoms with van der Waals surface area (Å²) in [5.41, 5.74) is 2.61. The molecule has 0 bridgehead atoms. The highest BCUT2D eigenvalue weighted by Gasteiger charge is 2.42. The molecule has 2 aromatic rings. The molecule has 26 heavy (non-hydrogen) atoms. The van der Waals surface area contributed by atoms with Crippen LogP contribution in [0, 0.1) is 17.7 Å². The average Bonchev–Trinajstić information content (AvgIpc) is 3.48. The molecule has 2 unspecified atom stereocenters. The third kappa shape index (κ3) is 3.52. The molecule has 1 aliphatic heterocycles. The maximum Gasteiger partial charge on any atom is 0.407 e. The molecule has 0 radical (unpaired) electrons. The standard InChI is InChI=1S/C21H23FN2O2/c1-13-19(15-7-8-15)23-18-10-9-16(22)11-17(18)20(13)24-21(25)26-12-14-5-3-2-4-6-14/h2-6,9-11,13,15,19-20,23H,7-8,12H2,1H3,(H,24,25)/t13-,19?,20?/m0/s1. The highest BCUT2D eigenvalue weighted by molar-refractivity contribution is 5.69. The number of benzene rings is 2. The summed E-state index contributed by atoms with van der Waals surface area (Å²) in [4.78, 5) is 12.4. The molecule has 1 amide bonds. The van der Waals surface area contributed by atoms with E-state index in [0.717, 1.165) is 16.8 Å². The van der Waals surface area contributed by atoms with Crippen LogP contribution in [0.3, 0.4) is 0 Å². The van der Waals surface area contributed by atoms with Gasteiger partial charge < -0.3 is 15.4 Å². The van der Waals surface area contributed by atoms with Crippen LogP contribution in [0.25, 0.3) is 0 Å². The molecule has 4 nitrogen and oxygen atoms in total. The number of carbonyl (C=O) groups is 1. The van der Waals surface area contributed by atoms with Crippen LogP contribution < -0.4 is 10.6 Å². The predicted molar refractivity (Wildman–Crippen MR) is 98.2 cm³/mol. The van der Waals surface area contributed by atoms with Crippen molar-refractivity contribution in [1.82, 2.24) is 5.32 Å². The first-order valence-corrected chi connectivity index (χ1v) is 9.15. The second kappa shape index (κ2) is 6.98. The third-order valence-corrected chi connectivity index (χ3v) is 5.38.